The number of hydrogen-bond acceptors (Lipinski definition) is 9. The van der Waals surface area contributed by atoms with Crippen molar-refractivity contribution >= 4 is 29.3 Å². The average molecular weight is 637 g/mol. The van der Waals surface area contributed by atoms with E-state index in [1.807, 2.05) is 28.6 Å². The summed E-state index contributed by atoms with van der Waals surface area (Å²) in [6, 6.07) is 6.24. The van der Waals surface area contributed by atoms with E-state index in [0.29, 0.717) is 32.8 Å². The van der Waals surface area contributed by atoms with Crippen molar-refractivity contribution in [1.29, 1.82) is 0 Å². The second-order valence-corrected chi connectivity index (χ2v) is 19.2. The number of nitrogens with zero attached hydrogens (tertiary/aromatic N) is 4. The molecule has 0 spiro atoms. The lowest BCUT2D eigenvalue weighted by molar-refractivity contribution is -0.0365. The van der Waals surface area contributed by atoms with Crippen molar-refractivity contribution in [3.8, 4) is 17.1 Å². The van der Waals surface area contributed by atoms with Crippen LogP contribution in [0.3, 0.4) is 0 Å². The number of fused-ring (bicyclic) bond motifs is 1. The van der Waals surface area contributed by atoms with Gasteiger partial charge in [-0.1, -0.05) is 20.8 Å². The fourth-order valence-corrected chi connectivity index (χ4v) is 6.40. The van der Waals surface area contributed by atoms with Gasteiger partial charge in [-0.3, -0.25) is 4.18 Å². The van der Waals surface area contributed by atoms with Crippen LogP contribution in [0.2, 0.25) is 18.1 Å². The number of aromatic nitrogens is 4. The smallest absolute Gasteiger partial charge is 0.264 e. The van der Waals surface area contributed by atoms with Gasteiger partial charge in [0.1, 0.15) is 29.6 Å². The minimum Gasteiger partial charge on any atom is -0.543 e. The first-order valence-electron chi connectivity index (χ1n) is 15.0. The Morgan fingerprint density at radius 1 is 1.14 bits per heavy atom. The zero-order valence-electron chi connectivity index (χ0n) is 26.9. The molecule has 2 atom stereocenters. The molecule has 2 aromatic heterocycles. The standard InChI is InChI=1S/C30H48N4O7SSi/c1-22(40-42(6,35)36)14-16-37-17-18-38-21-27-31-25(20-33(27)5)29-24-19-23(41-43(7,8)30(2,3)4)12-13-26(24)34(32-29)28-11-9-10-15-39-28/h12-13,19-20,22,28H,9-11,14-18,21H2,1-8H3/t22-,28?/m1/s1. The van der Waals surface area contributed by atoms with Gasteiger partial charge >= 0.3 is 0 Å². The summed E-state index contributed by atoms with van der Waals surface area (Å²) in [7, 11) is -3.55. The Hall–Kier alpha value is -2.29. The van der Waals surface area contributed by atoms with Crippen LogP contribution in [-0.4, -0.2) is 74.9 Å². The molecule has 43 heavy (non-hydrogen) atoms. The van der Waals surface area contributed by atoms with Crippen molar-refractivity contribution in [2.45, 2.75) is 90.4 Å². The molecular formula is C30H48N4O7SSi. The van der Waals surface area contributed by atoms with E-state index in [1.54, 1.807) is 6.92 Å². The molecule has 240 valence electrons. The van der Waals surface area contributed by atoms with Gasteiger partial charge in [-0.15, -0.1) is 0 Å². The van der Waals surface area contributed by atoms with E-state index in [2.05, 4.69) is 46.0 Å². The van der Waals surface area contributed by atoms with Gasteiger partial charge in [-0.25, -0.2) is 9.67 Å². The second kappa shape index (κ2) is 13.8. The lowest BCUT2D eigenvalue weighted by Crippen LogP contribution is -2.43. The summed E-state index contributed by atoms with van der Waals surface area (Å²) in [4.78, 5) is 4.90. The highest BCUT2D eigenvalue weighted by Crippen LogP contribution is 2.39. The van der Waals surface area contributed by atoms with Gasteiger partial charge < -0.3 is 23.2 Å². The summed E-state index contributed by atoms with van der Waals surface area (Å²) in [5, 5.41) is 6.12. The van der Waals surface area contributed by atoms with E-state index in [0.717, 1.165) is 66.0 Å². The van der Waals surface area contributed by atoms with Crippen molar-refractivity contribution in [1.82, 2.24) is 19.3 Å². The maximum absolute atomic E-state index is 11.2. The third-order valence-electron chi connectivity index (χ3n) is 8.11. The van der Waals surface area contributed by atoms with Crippen LogP contribution in [0.4, 0.5) is 0 Å². The highest BCUT2D eigenvalue weighted by Gasteiger charge is 2.39. The van der Waals surface area contributed by atoms with Gasteiger partial charge in [0, 0.05) is 31.8 Å². The molecule has 1 fully saturated rings. The number of rotatable bonds is 14. The monoisotopic (exact) mass is 636 g/mol. The minimum absolute atomic E-state index is 0.0803. The van der Waals surface area contributed by atoms with Gasteiger partial charge in [0.2, 0.25) is 8.32 Å². The van der Waals surface area contributed by atoms with E-state index in [-0.39, 0.29) is 11.3 Å². The first kappa shape index (κ1) is 33.6. The molecule has 1 aromatic carbocycles. The summed E-state index contributed by atoms with van der Waals surface area (Å²) in [5.41, 5.74) is 2.56. The number of ether oxygens (including phenoxy) is 3. The van der Waals surface area contributed by atoms with E-state index in [1.165, 1.54) is 0 Å². The highest BCUT2D eigenvalue weighted by molar-refractivity contribution is 7.86. The van der Waals surface area contributed by atoms with Gasteiger partial charge in [0.25, 0.3) is 10.1 Å². The number of hydrogen-bond donors (Lipinski definition) is 0. The third-order valence-corrected chi connectivity index (χ3v) is 13.1. The van der Waals surface area contributed by atoms with Gasteiger partial charge in [-0.05, 0) is 68.9 Å². The normalized spacial score (nSPS) is 17.4. The van der Waals surface area contributed by atoms with Crippen LogP contribution in [0.5, 0.6) is 5.75 Å². The van der Waals surface area contributed by atoms with Crippen LogP contribution >= 0.6 is 0 Å². The summed E-state index contributed by atoms with van der Waals surface area (Å²) in [5.74, 6) is 1.62. The van der Waals surface area contributed by atoms with E-state index in [9.17, 15) is 8.42 Å². The molecule has 0 bridgehead atoms. The van der Waals surface area contributed by atoms with Crippen LogP contribution < -0.4 is 4.43 Å². The lowest BCUT2D eigenvalue weighted by atomic mass is 10.1. The molecule has 1 aliphatic heterocycles. The van der Waals surface area contributed by atoms with Crippen LogP contribution in [0, 0.1) is 0 Å². The Morgan fingerprint density at radius 3 is 2.56 bits per heavy atom. The number of aryl methyl sites for hydroxylation is 1. The summed E-state index contributed by atoms with van der Waals surface area (Å²) in [6.07, 6.45) is 6.06. The molecule has 0 aliphatic carbocycles. The Bertz CT molecular complexity index is 1470. The molecule has 0 radical (unpaired) electrons. The lowest BCUT2D eigenvalue weighted by Gasteiger charge is -2.36. The minimum atomic E-state index is -3.47. The molecule has 1 aliphatic rings. The molecule has 4 rings (SSSR count). The predicted molar refractivity (Wildman–Crippen MR) is 169 cm³/mol. The topological polar surface area (TPSA) is 116 Å². The highest BCUT2D eigenvalue weighted by atomic mass is 32.2. The molecule has 0 amide bonds. The second-order valence-electron chi connectivity index (χ2n) is 12.9. The molecule has 1 unspecified atom stereocenters. The molecule has 3 heterocycles. The van der Waals surface area contributed by atoms with Gasteiger partial charge in [0.15, 0.2) is 6.23 Å². The zero-order valence-corrected chi connectivity index (χ0v) is 28.7. The van der Waals surface area contributed by atoms with E-state index in [4.69, 9.17) is 32.9 Å². The molecule has 1 saturated heterocycles. The summed E-state index contributed by atoms with van der Waals surface area (Å²) < 4.78 is 55.5. The molecule has 3 aromatic rings. The summed E-state index contributed by atoms with van der Waals surface area (Å²) in [6.45, 7) is 15.1. The maximum atomic E-state index is 11.2. The van der Waals surface area contributed by atoms with Crippen molar-refractivity contribution in [2.24, 2.45) is 7.05 Å². The average Bonchev–Trinajstić information content (AvgIpc) is 3.46. The first-order valence-corrected chi connectivity index (χ1v) is 19.8. The van der Waals surface area contributed by atoms with E-state index < -0.39 is 24.5 Å². The zero-order chi connectivity index (χ0) is 31.4. The van der Waals surface area contributed by atoms with Gasteiger partial charge in [0.05, 0.1) is 31.1 Å². The summed E-state index contributed by atoms with van der Waals surface area (Å²) >= 11 is 0. The fourth-order valence-electron chi connectivity index (χ4n) is 4.69. The third kappa shape index (κ3) is 8.89. The van der Waals surface area contributed by atoms with E-state index >= 15 is 0 Å². The Morgan fingerprint density at radius 2 is 1.88 bits per heavy atom. The first-order chi connectivity index (χ1) is 20.1. The molecule has 0 N–H and O–H groups in total. The Kier molecular flexibility index (Phi) is 10.8. The Labute approximate surface area is 257 Å². The van der Waals surface area contributed by atoms with Crippen molar-refractivity contribution in [3.05, 3.63) is 30.2 Å². The quantitative estimate of drug-likeness (QED) is 0.123. The van der Waals surface area contributed by atoms with Crippen LogP contribution in [0.15, 0.2) is 24.4 Å². The van der Waals surface area contributed by atoms with Crippen molar-refractivity contribution in [3.63, 3.8) is 0 Å². The Balaban J connectivity index is 1.47. The van der Waals surface area contributed by atoms with Crippen molar-refractivity contribution in [2.75, 3.05) is 32.7 Å². The van der Waals surface area contributed by atoms with Crippen LogP contribution in [0.25, 0.3) is 22.3 Å². The largest absolute Gasteiger partial charge is 0.543 e. The molecule has 0 saturated carbocycles. The molecule has 11 nitrogen and oxygen atoms in total. The van der Waals surface area contributed by atoms with Crippen LogP contribution in [0.1, 0.15) is 65.4 Å². The predicted octanol–water partition coefficient (Wildman–Crippen LogP) is 5.81. The number of imidazole rings is 1. The van der Waals surface area contributed by atoms with Crippen molar-refractivity contribution < 1.29 is 31.2 Å². The molecular weight excluding hydrogens is 589 g/mol. The fraction of sp³-hybridized carbons (Fsp3) is 0.667. The van der Waals surface area contributed by atoms with Crippen LogP contribution in [-0.2, 0) is 42.2 Å². The number of benzene rings is 1. The maximum Gasteiger partial charge on any atom is 0.264 e. The van der Waals surface area contributed by atoms with Gasteiger partial charge in [-0.2, -0.15) is 13.5 Å². The molecule has 13 heteroatoms. The SMILES string of the molecule is C[C@H](CCOCCOCc1nc(-c2nn(C3CCCCO3)c3ccc(O[Si](C)(C)C(C)(C)C)cc23)cn1C)OS(C)(=O)=O.